The molecular weight excluding hydrogens is 260 g/mol. The van der Waals surface area contributed by atoms with Crippen molar-refractivity contribution >= 4 is 11.9 Å². The third-order valence-electron chi connectivity index (χ3n) is 3.44. The molecule has 1 aliphatic rings. The number of carbonyl (C=O) groups is 2. The molecule has 108 valence electrons. The second kappa shape index (κ2) is 5.58. The fraction of sp³-hybridized carbons (Fsp3) is 0.500. The molecule has 2 unspecified atom stereocenters. The van der Waals surface area contributed by atoms with Crippen molar-refractivity contribution in [1.82, 2.24) is 9.88 Å². The van der Waals surface area contributed by atoms with Crippen molar-refractivity contribution in [2.45, 2.75) is 32.9 Å². The molecule has 0 aromatic carbocycles. The molecule has 0 saturated carbocycles. The number of morpholine rings is 1. The molecule has 1 aliphatic heterocycles. The van der Waals surface area contributed by atoms with Crippen molar-refractivity contribution in [3.63, 3.8) is 0 Å². The Balaban J connectivity index is 2.29. The molecule has 2 heterocycles. The Morgan fingerprint density at radius 1 is 1.30 bits per heavy atom. The van der Waals surface area contributed by atoms with E-state index in [1.165, 1.54) is 12.1 Å². The van der Waals surface area contributed by atoms with Crippen LogP contribution in [0.1, 0.15) is 40.4 Å². The van der Waals surface area contributed by atoms with E-state index in [1.807, 2.05) is 13.8 Å². The Hall–Kier alpha value is -1.95. The molecule has 1 N–H and O–H groups in total. The van der Waals surface area contributed by atoms with E-state index in [0.717, 1.165) is 0 Å². The van der Waals surface area contributed by atoms with Gasteiger partial charge in [-0.25, -0.2) is 9.78 Å². The van der Waals surface area contributed by atoms with Crippen molar-refractivity contribution in [2.75, 3.05) is 13.2 Å². The number of carboxylic acids is 1. The van der Waals surface area contributed by atoms with E-state index in [4.69, 9.17) is 9.84 Å². The minimum atomic E-state index is -1.04. The van der Waals surface area contributed by atoms with E-state index in [-0.39, 0.29) is 29.2 Å². The van der Waals surface area contributed by atoms with Crippen LogP contribution in [0.5, 0.6) is 0 Å². The van der Waals surface area contributed by atoms with Crippen molar-refractivity contribution in [2.24, 2.45) is 0 Å². The van der Waals surface area contributed by atoms with Gasteiger partial charge in [0, 0.05) is 0 Å². The summed E-state index contributed by atoms with van der Waals surface area (Å²) >= 11 is 0. The second-order valence-electron chi connectivity index (χ2n) is 5.08. The average Bonchev–Trinajstić information content (AvgIpc) is 2.37. The molecule has 20 heavy (non-hydrogen) atoms. The number of aromatic nitrogens is 1. The standard InChI is InChI=1S/C14H18N2O4/c1-8-6-20-7-9(2)16(8)13(17)12-5-4-11(14(18)19)10(3)15-12/h4-5,8-9H,6-7H2,1-3H3,(H,18,19). The minimum absolute atomic E-state index is 0.0208. The molecule has 1 fully saturated rings. The Morgan fingerprint density at radius 3 is 2.40 bits per heavy atom. The number of pyridine rings is 1. The highest BCUT2D eigenvalue weighted by Gasteiger charge is 2.31. The highest BCUT2D eigenvalue weighted by atomic mass is 16.5. The zero-order valence-corrected chi connectivity index (χ0v) is 11.8. The monoisotopic (exact) mass is 278 g/mol. The zero-order valence-electron chi connectivity index (χ0n) is 11.8. The summed E-state index contributed by atoms with van der Waals surface area (Å²) in [5.41, 5.74) is 0.731. The molecule has 0 radical (unpaired) electrons. The number of aromatic carboxylic acids is 1. The van der Waals surface area contributed by atoms with Gasteiger partial charge in [0.05, 0.1) is 36.6 Å². The maximum atomic E-state index is 12.5. The number of nitrogens with zero attached hydrogens (tertiary/aromatic N) is 2. The number of hydrogen-bond acceptors (Lipinski definition) is 4. The number of carboxylic acid groups (broad SMARTS) is 1. The first kappa shape index (κ1) is 14.5. The van der Waals surface area contributed by atoms with Crippen LogP contribution >= 0.6 is 0 Å². The van der Waals surface area contributed by atoms with Crippen LogP contribution in [-0.4, -0.2) is 52.2 Å². The van der Waals surface area contributed by atoms with Crippen molar-refractivity contribution in [3.8, 4) is 0 Å². The summed E-state index contributed by atoms with van der Waals surface area (Å²) in [6.45, 7) is 6.44. The fourth-order valence-electron chi connectivity index (χ4n) is 2.44. The summed E-state index contributed by atoms with van der Waals surface area (Å²) in [5.74, 6) is -1.23. The number of amides is 1. The van der Waals surface area contributed by atoms with Crippen LogP contribution in [0.4, 0.5) is 0 Å². The molecular formula is C14H18N2O4. The molecule has 1 amide bonds. The lowest BCUT2D eigenvalue weighted by Crippen LogP contribution is -2.52. The lowest BCUT2D eigenvalue weighted by Gasteiger charge is -2.38. The third kappa shape index (κ3) is 2.65. The van der Waals surface area contributed by atoms with Gasteiger partial charge in [-0.3, -0.25) is 4.79 Å². The Labute approximate surface area is 117 Å². The van der Waals surface area contributed by atoms with Gasteiger partial charge in [-0.2, -0.15) is 0 Å². The predicted molar refractivity (Wildman–Crippen MR) is 71.8 cm³/mol. The van der Waals surface area contributed by atoms with E-state index in [2.05, 4.69) is 4.98 Å². The number of aryl methyl sites for hydroxylation is 1. The number of rotatable bonds is 2. The lowest BCUT2D eigenvalue weighted by atomic mass is 10.1. The summed E-state index contributed by atoms with van der Waals surface area (Å²) in [6.07, 6.45) is 0. The van der Waals surface area contributed by atoms with Gasteiger partial charge in [-0.15, -0.1) is 0 Å². The minimum Gasteiger partial charge on any atom is -0.478 e. The Bertz CT molecular complexity index is 534. The topological polar surface area (TPSA) is 79.7 Å². The van der Waals surface area contributed by atoms with Crippen LogP contribution in [0.15, 0.2) is 12.1 Å². The van der Waals surface area contributed by atoms with E-state index >= 15 is 0 Å². The Morgan fingerprint density at radius 2 is 1.90 bits per heavy atom. The largest absolute Gasteiger partial charge is 0.478 e. The quantitative estimate of drug-likeness (QED) is 0.883. The summed E-state index contributed by atoms with van der Waals surface area (Å²) < 4.78 is 5.39. The zero-order chi connectivity index (χ0) is 14.9. The highest BCUT2D eigenvalue weighted by molar-refractivity contribution is 5.94. The first-order valence-corrected chi connectivity index (χ1v) is 6.53. The van der Waals surface area contributed by atoms with Crippen molar-refractivity contribution in [3.05, 3.63) is 29.1 Å². The maximum absolute atomic E-state index is 12.5. The molecule has 1 aromatic rings. The van der Waals surface area contributed by atoms with Gasteiger partial charge in [-0.1, -0.05) is 0 Å². The average molecular weight is 278 g/mol. The van der Waals surface area contributed by atoms with Crippen molar-refractivity contribution in [1.29, 1.82) is 0 Å². The second-order valence-corrected chi connectivity index (χ2v) is 5.08. The van der Waals surface area contributed by atoms with Crippen LogP contribution in [0, 0.1) is 6.92 Å². The molecule has 0 bridgehead atoms. The molecule has 1 aromatic heterocycles. The Kier molecular flexibility index (Phi) is 4.04. The van der Waals surface area contributed by atoms with Gasteiger partial charge in [-0.05, 0) is 32.9 Å². The van der Waals surface area contributed by atoms with Crippen LogP contribution < -0.4 is 0 Å². The van der Waals surface area contributed by atoms with Gasteiger partial charge < -0.3 is 14.7 Å². The van der Waals surface area contributed by atoms with Gasteiger partial charge in [0.15, 0.2) is 0 Å². The van der Waals surface area contributed by atoms with E-state index in [0.29, 0.717) is 18.9 Å². The number of carbonyl (C=O) groups excluding carboxylic acids is 1. The molecule has 0 aliphatic carbocycles. The van der Waals surface area contributed by atoms with Gasteiger partial charge >= 0.3 is 5.97 Å². The first-order chi connectivity index (χ1) is 9.41. The van der Waals surface area contributed by atoms with Crippen molar-refractivity contribution < 1.29 is 19.4 Å². The predicted octanol–water partition coefficient (Wildman–Crippen LogP) is 1.34. The van der Waals surface area contributed by atoms with Gasteiger partial charge in [0.2, 0.25) is 0 Å². The number of hydrogen-bond donors (Lipinski definition) is 1. The molecule has 6 heteroatoms. The molecule has 2 atom stereocenters. The summed E-state index contributed by atoms with van der Waals surface area (Å²) in [5, 5.41) is 8.98. The van der Waals surface area contributed by atoms with E-state index in [9.17, 15) is 9.59 Å². The van der Waals surface area contributed by atoms with Crippen LogP contribution in [0.25, 0.3) is 0 Å². The fourth-order valence-corrected chi connectivity index (χ4v) is 2.44. The SMILES string of the molecule is Cc1nc(C(=O)N2C(C)COCC2C)ccc1C(=O)O. The molecule has 0 spiro atoms. The lowest BCUT2D eigenvalue weighted by molar-refractivity contribution is -0.0252. The van der Waals surface area contributed by atoms with Crippen LogP contribution in [-0.2, 0) is 4.74 Å². The maximum Gasteiger partial charge on any atom is 0.337 e. The normalized spacial score (nSPS) is 22.6. The first-order valence-electron chi connectivity index (χ1n) is 6.53. The summed E-state index contributed by atoms with van der Waals surface area (Å²) in [4.78, 5) is 29.3. The van der Waals surface area contributed by atoms with Crippen LogP contribution in [0.2, 0.25) is 0 Å². The van der Waals surface area contributed by atoms with E-state index < -0.39 is 5.97 Å². The highest BCUT2D eigenvalue weighted by Crippen LogP contribution is 2.17. The van der Waals surface area contributed by atoms with Gasteiger partial charge in [0.25, 0.3) is 5.91 Å². The molecule has 2 rings (SSSR count). The molecule has 6 nitrogen and oxygen atoms in total. The molecule has 1 saturated heterocycles. The smallest absolute Gasteiger partial charge is 0.337 e. The summed E-state index contributed by atoms with van der Waals surface area (Å²) in [7, 11) is 0. The summed E-state index contributed by atoms with van der Waals surface area (Å²) in [6, 6.07) is 2.85. The van der Waals surface area contributed by atoms with Crippen LogP contribution in [0.3, 0.4) is 0 Å². The van der Waals surface area contributed by atoms with Gasteiger partial charge in [0.1, 0.15) is 5.69 Å². The third-order valence-corrected chi connectivity index (χ3v) is 3.44. The van der Waals surface area contributed by atoms with E-state index in [1.54, 1.807) is 11.8 Å². The number of ether oxygens (including phenoxy) is 1.